The predicted octanol–water partition coefficient (Wildman–Crippen LogP) is 15.9. The minimum atomic E-state index is 0.853. The number of hydrogen-bond donors (Lipinski definition) is 0. The van der Waals surface area contributed by atoms with Gasteiger partial charge < -0.3 is 13.7 Å². The number of anilines is 3. The molecule has 4 aromatic heterocycles. The van der Waals surface area contributed by atoms with E-state index in [1.54, 1.807) is 0 Å². The summed E-state index contributed by atoms with van der Waals surface area (Å²) in [6.45, 7) is 0. The average Bonchev–Trinajstić information content (AvgIpc) is 4.02. The summed E-state index contributed by atoms with van der Waals surface area (Å²) >= 11 is 3.70. The summed E-state index contributed by atoms with van der Waals surface area (Å²) in [6.07, 6.45) is 0. The number of nitrogens with zero attached hydrogens (tertiary/aromatic N) is 1. The second-order valence-electron chi connectivity index (χ2n) is 14.1. The Bertz CT molecular complexity index is 3440. The summed E-state index contributed by atoms with van der Waals surface area (Å²) in [7, 11) is 0. The third kappa shape index (κ3) is 4.87. The van der Waals surface area contributed by atoms with Crippen LogP contribution in [0.25, 0.3) is 95.7 Å². The van der Waals surface area contributed by atoms with Crippen LogP contribution in [0.3, 0.4) is 0 Å². The molecule has 0 fully saturated rings. The Labute approximate surface area is 323 Å². The minimum absolute atomic E-state index is 0.853. The van der Waals surface area contributed by atoms with Gasteiger partial charge >= 0.3 is 0 Å². The second-order valence-corrected chi connectivity index (χ2v) is 16.2. The van der Waals surface area contributed by atoms with Crippen LogP contribution in [0.5, 0.6) is 0 Å². The first kappa shape index (κ1) is 30.8. The monoisotopic (exact) mass is 739 g/mol. The zero-order chi connectivity index (χ0) is 36.0. The number of hydrogen-bond acceptors (Lipinski definition) is 5. The highest BCUT2D eigenvalue weighted by Crippen LogP contribution is 2.44. The molecule has 0 amide bonds. The van der Waals surface area contributed by atoms with E-state index < -0.39 is 0 Å². The van der Waals surface area contributed by atoms with E-state index in [0.29, 0.717) is 0 Å². The van der Waals surface area contributed by atoms with E-state index in [4.69, 9.17) is 8.83 Å². The van der Waals surface area contributed by atoms with Gasteiger partial charge in [0.15, 0.2) is 0 Å². The van der Waals surface area contributed by atoms with Crippen LogP contribution in [0.2, 0.25) is 0 Å². The molecule has 0 saturated carbocycles. The third-order valence-corrected chi connectivity index (χ3v) is 13.2. The molecular weight excluding hydrogens is 711 g/mol. The van der Waals surface area contributed by atoms with Crippen LogP contribution in [-0.2, 0) is 0 Å². The molecule has 12 rings (SSSR count). The van der Waals surface area contributed by atoms with Crippen molar-refractivity contribution >= 4 is 113 Å². The molecule has 0 bridgehead atoms. The normalized spacial score (nSPS) is 12.0. The van der Waals surface area contributed by atoms with Gasteiger partial charge in [0.25, 0.3) is 0 Å². The summed E-state index contributed by atoms with van der Waals surface area (Å²) < 4.78 is 17.9. The average molecular weight is 740 g/mol. The van der Waals surface area contributed by atoms with E-state index in [9.17, 15) is 0 Å². The first-order chi connectivity index (χ1) is 27.2. The van der Waals surface area contributed by atoms with Crippen molar-refractivity contribution in [3.8, 4) is 22.5 Å². The molecular formula is C50H29NO2S2. The molecule has 0 N–H and O–H groups in total. The van der Waals surface area contributed by atoms with Crippen molar-refractivity contribution in [2.75, 3.05) is 4.90 Å². The first-order valence-corrected chi connectivity index (χ1v) is 20.0. The van der Waals surface area contributed by atoms with Crippen LogP contribution < -0.4 is 4.90 Å². The van der Waals surface area contributed by atoms with E-state index in [0.717, 1.165) is 72.4 Å². The fourth-order valence-electron chi connectivity index (χ4n) is 8.27. The van der Waals surface area contributed by atoms with Crippen LogP contribution in [0, 0.1) is 0 Å². The van der Waals surface area contributed by atoms with E-state index >= 15 is 0 Å². The van der Waals surface area contributed by atoms with Crippen molar-refractivity contribution in [2.24, 2.45) is 0 Å². The topological polar surface area (TPSA) is 29.5 Å². The smallest absolute Gasteiger partial charge is 0.136 e. The number of rotatable bonds is 5. The standard InChI is InChI=1S/C50H29NO2S2/c1-2-8-31(9-3-1)45-29-41-43(53-45)23-24-44-50(41)40-26-32(16-22-42(40)52-44)30-14-17-33(18-15-30)51(34-20-25-48-39(27-34)37-11-5-7-13-47(37)54-48)35-19-21-38-36-10-4-6-12-46(36)55-49(38)28-35/h1-29H. The first-order valence-electron chi connectivity index (χ1n) is 18.4. The highest BCUT2D eigenvalue weighted by atomic mass is 32.1. The van der Waals surface area contributed by atoms with Crippen LogP contribution in [0.15, 0.2) is 185 Å². The number of fused-ring (bicyclic) bond motifs is 11. The fraction of sp³-hybridized carbons (Fsp3) is 0. The summed E-state index contributed by atoms with van der Waals surface area (Å²) in [6, 6.07) is 63.1. The molecule has 0 unspecified atom stereocenters. The van der Waals surface area contributed by atoms with Crippen molar-refractivity contribution in [2.45, 2.75) is 0 Å². The largest absolute Gasteiger partial charge is 0.456 e. The van der Waals surface area contributed by atoms with Crippen molar-refractivity contribution in [3.05, 3.63) is 176 Å². The summed E-state index contributed by atoms with van der Waals surface area (Å²) in [5.74, 6) is 0.853. The van der Waals surface area contributed by atoms with Crippen LogP contribution in [0.1, 0.15) is 0 Å². The van der Waals surface area contributed by atoms with Gasteiger partial charge in [-0.1, -0.05) is 91.0 Å². The van der Waals surface area contributed by atoms with Gasteiger partial charge in [0.1, 0.15) is 22.5 Å². The molecule has 0 saturated heterocycles. The third-order valence-electron chi connectivity index (χ3n) is 10.9. The highest BCUT2D eigenvalue weighted by molar-refractivity contribution is 7.26. The summed E-state index contributed by atoms with van der Waals surface area (Å²) in [5.41, 5.74) is 9.28. The van der Waals surface area contributed by atoms with Gasteiger partial charge in [-0.3, -0.25) is 0 Å². The Kier molecular flexibility index (Phi) is 6.67. The van der Waals surface area contributed by atoms with Crippen LogP contribution in [-0.4, -0.2) is 0 Å². The maximum Gasteiger partial charge on any atom is 0.136 e. The lowest BCUT2D eigenvalue weighted by Crippen LogP contribution is -2.09. The lowest BCUT2D eigenvalue weighted by molar-refractivity contribution is 0.631. The Morgan fingerprint density at radius 1 is 0.327 bits per heavy atom. The number of benzene rings is 8. The molecule has 4 heterocycles. The molecule has 0 aliphatic carbocycles. The maximum absolute atomic E-state index is 6.37. The SMILES string of the molecule is c1ccc(-c2cc3c(ccc4oc5ccc(-c6ccc(N(c7ccc8c(c7)sc7ccccc78)c7ccc8sc9ccccc9c8c7)cc6)cc5c43)o2)cc1. The van der Waals surface area contributed by atoms with Crippen molar-refractivity contribution in [1.29, 1.82) is 0 Å². The zero-order valence-electron chi connectivity index (χ0n) is 29.3. The number of thiophene rings is 2. The van der Waals surface area contributed by atoms with E-state index in [-0.39, 0.29) is 0 Å². The molecule has 258 valence electrons. The van der Waals surface area contributed by atoms with Gasteiger partial charge in [0, 0.05) is 79.1 Å². The highest BCUT2D eigenvalue weighted by Gasteiger charge is 2.19. The molecule has 55 heavy (non-hydrogen) atoms. The van der Waals surface area contributed by atoms with Gasteiger partial charge in [-0.2, -0.15) is 0 Å². The molecule has 0 spiro atoms. The van der Waals surface area contributed by atoms with Gasteiger partial charge in [-0.05, 0) is 96.1 Å². The van der Waals surface area contributed by atoms with E-state index in [1.165, 1.54) is 40.3 Å². The molecule has 5 heteroatoms. The Morgan fingerprint density at radius 3 is 1.75 bits per heavy atom. The molecule has 0 aliphatic heterocycles. The van der Waals surface area contributed by atoms with Crippen LogP contribution in [0.4, 0.5) is 17.1 Å². The molecule has 0 radical (unpaired) electrons. The lowest BCUT2D eigenvalue weighted by Gasteiger charge is -2.26. The Hall–Kier alpha value is -6.66. The van der Waals surface area contributed by atoms with Crippen molar-refractivity contribution in [3.63, 3.8) is 0 Å². The van der Waals surface area contributed by atoms with Crippen molar-refractivity contribution < 1.29 is 8.83 Å². The van der Waals surface area contributed by atoms with Gasteiger partial charge in [0.05, 0.1) is 0 Å². The zero-order valence-corrected chi connectivity index (χ0v) is 31.0. The van der Waals surface area contributed by atoms with Gasteiger partial charge in [-0.15, -0.1) is 22.7 Å². The Morgan fingerprint density at radius 2 is 0.909 bits per heavy atom. The molecule has 0 aliphatic rings. The van der Waals surface area contributed by atoms with E-state index in [2.05, 4.69) is 150 Å². The minimum Gasteiger partial charge on any atom is -0.456 e. The van der Waals surface area contributed by atoms with E-state index in [1.807, 2.05) is 53.0 Å². The molecule has 12 aromatic rings. The van der Waals surface area contributed by atoms with Crippen molar-refractivity contribution in [1.82, 2.24) is 0 Å². The maximum atomic E-state index is 6.37. The molecule has 3 nitrogen and oxygen atoms in total. The molecule has 0 atom stereocenters. The van der Waals surface area contributed by atoms with Gasteiger partial charge in [0.2, 0.25) is 0 Å². The molecule has 8 aromatic carbocycles. The lowest BCUT2D eigenvalue weighted by atomic mass is 10.0. The Balaban J connectivity index is 0.984. The summed E-state index contributed by atoms with van der Waals surface area (Å²) in [4.78, 5) is 2.40. The summed E-state index contributed by atoms with van der Waals surface area (Å²) in [5, 5.41) is 8.41. The fourth-order valence-corrected chi connectivity index (χ4v) is 10.5. The van der Waals surface area contributed by atoms with Crippen LogP contribution >= 0.6 is 22.7 Å². The second kappa shape index (κ2) is 11.9. The quantitative estimate of drug-likeness (QED) is 0.176. The predicted molar refractivity (Wildman–Crippen MR) is 235 cm³/mol. The van der Waals surface area contributed by atoms with Gasteiger partial charge in [-0.25, -0.2) is 0 Å². The number of furan rings is 2.